The summed E-state index contributed by atoms with van der Waals surface area (Å²) >= 11 is 0. The van der Waals surface area contributed by atoms with Crippen molar-refractivity contribution in [3.8, 4) is 11.5 Å². The largest absolute Gasteiger partial charge is 0.493 e. The zero-order valence-corrected chi connectivity index (χ0v) is 17.9. The highest BCUT2D eigenvalue weighted by Gasteiger charge is 2.14. The number of esters is 1. The van der Waals surface area contributed by atoms with E-state index in [9.17, 15) is 19.2 Å². The molecule has 0 heterocycles. The summed E-state index contributed by atoms with van der Waals surface area (Å²) in [6, 6.07) is 19.0. The summed E-state index contributed by atoms with van der Waals surface area (Å²) in [6.07, 6.45) is 0. The van der Waals surface area contributed by atoms with E-state index >= 15 is 0 Å². The number of hydrazine groups is 1. The molecule has 0 radical (unpaired) electrons. The lowest BCUT2D eigenvalue weighted by atomic mass is 10.1. The van der Waals surface area contributed by atoms with Gasteiger partial charge in [0.05, 0.1) is 7.11 Å². The van der Waals surface area contributed by atoms with Crippen LogP contribution in [0.15, 0.2) is 72.8 Å². The number of benzene rings is 3. The average Bonchev–Trinajstić information content (AvgIpc) is 2.82. The third-order valence-corrected chi connectivity index (χ3v) is 4.39. The van der Waals surface area contributed by atoms with Gasteiger partial charge in [-0.25, -0.2) is 0 Å². The summed E-state index contributed by atoms with van der Waals surface area (Å²) in [4.78, 5) is 48.3. The van der Waals surface area contributed by atoms with E-state index in [1.807, 2.05) is 0 Å². The molecule has 0 unspecified atom stereocenters. The predicted octanol–water partition coefficient (Wildman–Crippen LogP) is 2.95. The van der Waals surface area contributed by atoms with Crippen LogP contribution in [0.25, 0.3) is 0 Å². The Balaban J connectivity index is 1.65. The fourth-order valence-electron chi connectivity index (χ4n) is 2.84. The standard InChI is InChI=1S/C24H21N3O6/c1-15(28)33-20-12-11-18(14-21(20)32-2)22(29)25-19-10-6-9-17(13-19)24(31)27-26-23(30)16-7-4-3-5-8-16/h3-14H,1-2H3,(H,25,29)(H,26,30)(H,27,31). The molecule has 0 saturated heterocycles. The van der Waals surface area contributed by atoms with Crippen LogP contribution in [-0.2, 0) is 4.79 Å². The van der Waals surface area contributed by atoms with Gasteiger partial charge in [-0.1, -0.05) is 24.3 Å². The smallest absolute Gasteiger partial charge is 0.308 e. The molecule has 0 aliphatic carbocycles. The number of nitrogens with one attached hydrogen (secondary N) is 3. The first kappa shape index (κ1) is 23.0. The molecule has 168 valence electrons. The van der Waals surface area contributed by atoms with Crippen molar-refractivity contribution < 1.29 is 28.7 Å². The predicted molar refractivity (Wildman–Crippen MR) is 120 cm³/mol. The zero-order valence-electron chi connectivity index (χ0n) is 17.9. The van der Waals surface area contributed by atoms with E-state index in [1.165, 1.54) is 44.4 Å². The second kappa shape index (κ2) is 10.6. The first-order chi connectivity index (χ1) is 15.9. The number of methoxy groups -OCH3 is 1. The lowest BCUT2D eigenvalue weighted by molar-refractivity contribution is -0.132. The van der Waals surface area contributed by atoms with Crippen molar-refractivity contribution in [1.82, 2.24) is 10.9 Å². The van der Waals surface area contributed by atoms with E-state index in [1.54, 1.807) is 42.5 Å². The van der Waals surface area contributed by atoms with Crippen molar-refractivity contribution >= 4 is 29.4 Å². The van der Waals surface area contributed by atoms with Crippen LogP contribution in [0.3, 0.4) is 0 Å². The van der Waals surface area contributed by atoms with Gasteiger partial charge in [-0.05, 0) is 48.5 Å². The lowest BCUT2D eigenvalue weighted by Crippen LogP contribution is -2.41. The van der Waals surface area contributed by atoms with Gasteiger partial charge in [-0.2, -0.15) is 0 Å². The Hall–Kier alpha value is -4.66. The number of carbonyl (C=O) groups is 4. The zero-order chi connectivity index (χ0) is 23.8. The molecule has 0 aromatic heterocycles. The van der Waals surface area contributed by atoms with E-state index in [0.29, 0.717) is 11.3 Å². The van der Waals surface area contributed by atoms with Gasteiger partial charge in [0.25, 0.3) is 17.7 Å². The molecule has 3 rings (SSSR count). The molecule has 33 heavy (non-hydrogen) atoms. The van der Waals surface area contributed by atoms with E-state index in [-0.39, 0.29) is 22.6 Å². The van der Waals surface area contributed by atoms with Gasteiger partial charge in [-0.15, -0.1) is 0 Å². The monoisotopic (exact) mass is 447 g/mol. The van der Waals surface area contributed by atoms with Crippen LogP contribution in [0.1, 0.15) is 38.0 Å². The van der Waals surface area contributed by atoms with Crippen molar-refractivity contribution in [3.63, 3.8) is 0 Å². The van der Waals surface area contributed by atoms with E-state index in [0.717, 1.165) is 0 Å². The molecule has 3 N–H and O–H groups in total. The Morgan fingerprint density at radius 2 is 1.30 bits per heavy atom. The van der Waals surface area contributed by atoms with Gasteiger partial charge >= 0.3 is 5.97 Å². The first-order valence-corrected chi connectivity index (χ1v) is 9.81. The summed E-state index contributed by atoms with van der Waals surface area (Å²) in [5.41, 5.74) is 5.92. The minimum atomic E-state index is -0.553. The minimum absolute atomic E-state index is 0.192. The highest BCUT2D eigenvalue weighted by Crippen LogP contribution is 2.28. The highest BCUT2D eigenvalue weighted by atomic mass is 16.6. The van der Waals surface area contributed by atoms with Crippen LogP contribution in [0.2, 0.25) is 0 Å². The maximum atomic E-state index is 12.6. The fourth-order valence-corrected chi connectivity index (χ4v) is 2.84. The number of carbonyl (C=O) groups excluding carboxylic acids is 4. The molecule has 0 fully saturated rings. The molecule has 3 aromatic carbocycles. The SMILES string of the molecule is COc1cc(C(=O)Nc2cccc(C(=O)NNC(=O)c3ccccc3)c2)ccc1OC(C)=O. The van der Waals surface area contributed by atoms with E-state index in [4.69, 9.17) is 9.47 Å². The molecule has 0 aliphatic heterocycles. The molecule has 0 spiro atoms. The molecule has 9 nitrogen and oxygen atoms in total. The third kappa shape index (κ3) is 6.17. The van der Waals surface area contributed by atoms with Crippen molar-refractivity contribution in [2.75, 3.05) is 12.4 Å². The number of anilines is 1. The van der Waals surface area contributed by atoms with Crippen LogP contribution in [0, 0.1) is 0 Å². The van der Waals surface area contributed by atoms with Gasteiger partial charge in [-0.3, -0.25) is 30.0 Å². The average molecular weight is 447 g/mol. The Morgan fingerprint density at radius 1 is 0.667 bits per heavy atom. The third-order valence-electron chi connectivity index (χ3n) is 4.39. The quantitative estimate of drug-likeness (QED) is 0.303. The molecule has 9 heteroatoms. The van der Waals surface area contributed by atoms with Crippen LogP contribution < -0.4 is 25.6 Å². The summed E-state index contributed by atoms with van der Waals surface area (Å²) in [5, 5.41) is 2.69. The van der Waals surface area contributed by atoms with Crippen LogP contribution in [-0.4, -0.2) is 30.8 Å². The Labute approximate surface area is 189 Å². The van der Waals surface area contributed by atoms with Crippen LogP contribution in [0.5, 0.6) is 11.5 Å². The Morgan fingerprint density at radius 3 is 1.97 bits per heavy atom. The molecule has 0 atom stereocenters. The molecule has 0 saturated carbocycles. The second-order valence-corrected chi connectivity index (χ2v) is 6.77. The van der Waals surface area contributed by atoms with Crippen LogP contribution in [0.4, 0.5) is 5.69 Å². The summed E-state index contributed by atoms with van der Waals surface area (Å²) in [7, 11) is 1.39. The number of amides is 3. The normalized spacial score (nSPS) is 10.0. The van der Waals surface area contributed by atoms with Crippen LogP contribution >= 0.6 is 0 Å². The Bertz CT molecular complexity index is 1190. The number of hydrogen-bond acceptors (Lipinski definition) is 6. The molecule has 3 amide bonds. The summed E-state index contributed by atoms with van der Waals surface area (Å²) < 4.78 is 10.2. The van der Waals surface area contributed by atoms with Crippen molar-refractivity contribution in [1.29, 1.82) is 0 Å². The van der Waals surface area contributed by atoms with Crippen molar-refractivity contribution in [3.05, 3.63) is 89.5 Å². The van der Waals surface area contributed by atoms with Gasteiger partial charge in [0.1, 0.15) is 0 Å². The van der Waals surface area contributed by atoms with E-state index in [2.05, 4.69) is 16.2 Å². The molecule has 0 aliphatic rings. The first-order valence-electron chi connectivity index (χ1n) is 9.81. The van der Waals surface area contributed by atoms with Gasteiger partial charge in [0.2, 0.25) is 0 Å². The highest BCUT2D eigenvalue weighted by molar-refractivity contribution is 6.05. The molecular weight excluding hydrogens is 426 g/mol. The maximum Gasteiger partial charge on any atom is 0.308 e. The molecule has 0 bridgehead atoms. The second-order valence-electron chi connectivity index (χ2n) is 6.77. The van der Waals surface area contributed by atoms with Gasteiger partial charge in [0, 0.05) is 29.3 Å². The number of hydrogen-bond donors (Lipinski definition) is 3. The lowest BCUT2D eigenvalue weighted by Gasteiger charge is -2.11. The van der Waals surface area contributed by atoms with E-state index < -0.39 is 23.7 Å². The number of rotatable bonds is 6. The molecule has 3 aromatic rings. The molecular formula is C24H21N3O6. The number of ether oxygens (including phenoxy) is 2. The Kier molecular flexibility index (Phi) is 7.38. The van der Waals surface area contributed by atoms with Crippen molar-refractivity contribution in [2.24, 2.45) is 0 Å². The fraction of sp³-hybridized carbons (Fsp3) is 0.0833. The van der Waals surface area contributed by atoms with Gasteiger partial charge in [0.15, 0.2) is 11.5 Å². The summed E-state index contributed by atoms with van der Waals surface area (Å²) in [6.45, 7) is 1.26. The maximum absolute atomic E-state index is 12.6. The van der Waals surface area contributed by atoms with Crippen molar-refractivity contribution in [2.45, 2.75) is 6.92 Å². The minimum Gasteiger partial charge on any atom is -0.493 e. The topological polar surface area (TPSA) is 123 Å². The summed E-state index contributed by atoms with van der Waals surface area (Å²) in [5.74, 6) is -1.57. The van der Waals surface area contributed by atoms with Gasteiger partial charge < -0.3 is 14.8 Å².